The molecule has 0 radical (unpaired) electrons. The number of nitrogens with zero attached hydrogens (tertiary/aromatic N) is 1. The fourth-order valence-corrected chi connectivity index (χ4v) is 4.71. The number of hydrogen-bond donors (Lipinski definition) is 2. The van der Waals surface area contributed by atoms with Crippen LogP contribution in [0.4, 0.5) is 18.9 Å². The summed E-state index contributed by atoms with van der Waals surface area (Å²) in [5.74, 6) is 0.496. The molecule has 4 aromatic carbocycles. The minimum absolute atomic E-state index is 0.0669. The maximum absolute atomic E-state index is 13.9. The highest BCUT2D eigenvalue weighted by Crippen LogP contribution is 2.39. The number of phenols is 1. The van der Waals surface area contributed by atoms with Crippen LogP contribution in [0, 0.1) is 0 Å². The molecule has 5 aromatic rings. The SMILES string of the molecule is CCOc1cc(CNc2cccc(-c3c(Cc4ccccc4)cnc4c(C(F)(F)F)cccc34)c2)ccc1O. The predicted octanol–water partition coefficient (Wildman–Crippen LogP) is 8.23. The fourth-order valence-electron chi connectivity index (χ4n) is 4.71. The number of phenolic OH excluding ortho intramolecular Hbond substituents is 1. The number of aromatic hydroxyl groups is 1. The molecule has 1 heterocycles. The lowest BCUT2D eigenvalue weighted by molar-refractivity contribution is -0.136. The molecule has 0 saturated carbocycles. The average Bonchev–Trinajstić information content (AvgIpc) is 2.93. The van der Waals surface area contributed by atoms with E-state index in [-0.39, 0.29) is 11.3 Å². The molecule has 198 valence electrons. The molecule has 0 amide bonds. The van der Waals surface area contributed by atoms with Gasteiger partial charge in [0.25, 0.3) is 0 Å². The van der Waals surface area contributed by atoms with Crippen LogP contribution in [0.3, 0.4) is 0 Å². The van der Waals surface area contributed by atoms with E-state index in [1.807, 2.05) is 67.6 Å². The first-order chi connectivity index (χ1) is 18.8. The number of rotatable bonds is 8. The van der Waals surface area contributed by atoms with Crippen LogP contribution in [0.1, 0.15) is 29.2 Å². The van der Waals surface area contributed by atoms with Crippen LogP contribution in [-0.2, 0) is 19.1 Å². The quantitative estimate of drug-likeness (QED) is 0.213. The van der Waals surface area contributed by atoms with E-state index in [4.69, 9.17) is 4.74 Å². The van der Waals surface area contributed by atoms with Crippen LogP contribution in [-0.4, -0.2) is 16.7 Å². The summed E-state index contributed by atoms with van der Waals surface area (Å²) in [7, 11) is 0. The predicted molar refractivity (Wildman–Crippen MR) is 148 cm³/mol. The van der Waals surface area contributed by atoms with Gasteiger partial charge in [-0.2, -0.15) is 13.2 Å². The highest BCUT2D eigenvalue weighted by atomic mass is 19.4. The van der Waals surface area contributed by atoms with Gasteiger partial charge in [-0.25, -0.2) is 0 Å². The second-order valence-corrected chi connectivity index (χ2v) is 9.19. The molecule has 0 bridgehead atoms. The molecule has 4 nitrogen and oxygen atoms in total. The van der Waals surface area contributed by atoms with Crippen LogP contribution >= 0.6 is 0 Å². The van der Waals surface area contributed by atoms with Crippen molar-refractivity contribution in [2.45, 2.75) is 26.1 Å². The van der Waals surface area contributed by atoms with Gasteiger partial charge in [0.15, 0.2) is 11.5 Å². The lowest BCUT2D eigenvalue weighted by atomic mass is 9.91. The Morgan fingerprint density at radius 2 is 1.67 bits per heavy atom. The van der Waals surface area contributed by atoms with Crippen molar-refractivity contribution in [2.24, 2.45) is 0 Å². The number of halogens is 3. The highest BCUT2D eigenvalue weighted by molar-refractivity contribution is 5.98. The first-order valence-corrected chi connectivity index (χ1v) is 12.6. The zero-order chi connectivity index (χ0) is 27.4. The van der Waals surface area contributed by atoms with E-state index < -0.39 is 11.7 Å². The van der Waals surface area contributed by atoms with Crippen molar-refractivity contribution in [3.63, 3.8) is 0 Å². The number of nitrogens with one attached hydrogen (secondary N) is 1. The van der Waals surface area contributed by atoms with Crippen molar-refractivity contribution in [3.05, 3.63) is 119 Å². The molecule has 2 N–H and O–H groups in total. The van der Waals surface area contributed by atoms with Crippen molar-refractivity contribution < 1.29 is 23.0 Å². The van der Waals surface area contributed by atoms with Crippen LogP contribution in [0.2, 0.25) is 0 Å². The Kier molecular flexibility index (Phi) is 7.41. The van der Waals surface area contributed by atoms with E-state index >= 15 is 0 Å². The fraction of sp³-hybridized carbons (Fsp3) is 0.156. The molecule has 0 aliphatic carbocycles. The van der Waals surface area contributed by atoms with E-state index in [2.05, 4.69) is 10.3 Å². The zero-order valence-corrected chi connectivity index (χ0v) is 21.3. The third kappa shape index (κ3) is 5.82. The Balaban J connectivity index is 1.55. The standard InChI is InChI=1S/C32H27F3N2O2/c1-2-39-29-17-22(14-15-28(29)38)19-36-25-11-6-10-23(18-25)30-24(16-21-8-4-3-5-9-21)20-37-31-26(30)12-7-13-27(31)32(33,34)35/h3-15,17-18,20,36,38H,2,16,19H2,1H3. The summed E-state index contributed by atoms with van der Waals surface area (Å²) in [6.07, 6.45) is -2.43. The number of fused-ring (bicyclic) bond motifs is 1. The Bertz CT molecular complexity index is 1600. The van der Waals surface area contributed by atoms with Crippen molar-refractivity contribution in [2.75, 3.05) is 11.9 Å². The van der Waals surface area contributed by atoms with Crippen LogP contribution in [0.15, 0.2) is 97.2 Å². The molecule has 0 fully saturated rings. The van der Waals surface area contributed by atoms with Gasteiger partial charge in [-0.15, -0.1) is 0 Å². The maximum atomic E-state index is 13.9. The topological polar surface area (TPSA) is 54.4 Å². The molecule has 0 atom stereocenters. The normalized spacial score (nSPS) is 11.5. The highest BCUT2D eigenvalue weighted by Gasteiger charge is 2.33. The van der Waals surface area contributed by atoms with Gasteiger partial charge in [0.2, 0.25) is 0 Å². The molecule has 1 aromatic heterocycles. The lowest BCUT2D eigenvalue weighted by Crippen LogP contribution is -2.07. The third-order valence-electron chi connectivity index (χ3n) is 6.49. The number of anilines is 1. The van der Waals surface area contributed by atoms with Crippen LogP contribution < -0.4 is 10.1 Å². The van der Waals surface area contributed by atoms with Crippen molar-refractivity contribution in [1.29, 1.82) is 0 Å². The van der Waals surface area contributed by atoms with Gasteiger partial charge < -0.3 is 15.2 Å². The van der Waals surface area contributed by atoms with E-state index in [0.29, 0.717) is 30.7 Å². The Hall–Kier alpha value is -4.52. The number of para-hydroxylation sites is 1. The third-order valence-corrected chi connectivity index (χ3v) is 6.49. The van der Waals surface area contributed by atoms with Gasteiger partial charge in [-0.05, 0) is 71.5 Å². The first-order valence-electron chi connectivity index (χ1n) is 12.6. The number of ether oxygens (including phenoxy) is 1. The second-order valence-electron chi connectivity index (χ2n) is 9.19. The number of pyridine rings is 1. The molecule has 0 aliphatic heterocycles. The number of hydrogen-bond acceptors (Lipinski definition) is 4. The minimum atomic E-state index is -4.52. The largest absolute Gasteiger partial charge is 0.504 e. The van der Waals surface area contributed by atoms with Crippen molar-refractivity contribution in [3.8, 4) is 22.6 Å². The Labute approximate surface area is 224 Å². The minimum Gasteiger partial charge on any atom is -0.504 e. The number of benzene rings is 4. The smallest absolute Gasteiger partial charge is 0.418 e. The summed E-state index contributed by atoms with van der Waals surface area (Å²) in [6, 6.07) is 26.8. The van der Waals surface area contributed by atoms with Crippen molar-refractivity contribution >= 4 is 16.6 Å². The van der Waals surface area contributed by atoms with Crippen LogP contribution in [0.25, 0.3) is 22.0 Å². The van der Waals surface area contributed by atoms with Gasteiger partial charge in [0.05, 0.1) is 17.7 Å². The maximum Gasteiger partial charge on any atom is 0.418 e. The summed E-state index contributed by atoms with van der Waals surface area (Å²) in [6.45, 7) is 2.76. The van der Waals surface area contributed by atoms with Crippen molar-refractivity contribution in [1.82, 2.24) is 4.98 Å². The Morgan fingerprint density at radius 3 is 2.44 bits per heavy atom. The number of alkyl halides is 3. The van der Waals surface area contributed by atoms with Gasteiger partial charge in [-0.3, -0.25) is 4.98 Å². The van der Waals surface area contributed by atoms with Crippen LogP contribution in [0.5, 0.6) is 11.5 Å². The molecule has 0 aliphatic rings. The van der Waals surface area contributed by atoms with E-state index in [9.17, 15) is 18.3 Å². The van der Waals surface area contributed by atoms with E-state index in [0.717, 1.165) is 39.6 Å². The summed E-state index contributed by atoms with van der Waals surface area (Å²) in [4.78, 5) is 4.29. The second kappa shape index (κ2) is 11.1. The molecule has 5 rings (SSSR count). The molecule has 0 unspecified atom stereocenters. The summed E-state index contributed by atoms with van der Waals surface area (Å²) >= 11 is 0. The summed E-state index contributed by atoms with van der Waals surface area (Å²) in [5.41, 5.74) is 4.29. The van der Waals surface area contributed by atoms with Gasteiger partial charge in [0, 0.05) is 23.8 Å². The van der Waals surface area contributed by atoms with Gasteiger partial charge in [0.1, 0.15) is 0 Å². The summed E-state index contributed by atoms with van der Waals surface area (Å²) < 4.78 is 47.0. The molecule has 0 saturated heterocycles. The number of aromatic nitrogens is 1. The van der Waals surface area contributed by atoms with E-state index in [1.54, 1.807) is 24.4 Å². The summed E-state index contributed by atoms with van der Waals surface area (Å²) in [5, 5.41) is 13.8. The van der Waals surface area contributed by atoms with E-state index in [1.165, 1.54) is 6.07 Å². The average molecular weight is 529 g/mol. The molecule has 0 spiro atoms. The Morgan fingerprint density at radius 1 is 0.872 bits per heavy atom. The molecule has 7 heteroatoms. The monoisotopic (exact) mass is 528 g/mol. The van der Waals surface area contributed by atoms with Gasteiger partial charge in [-0.1, -0.05) is 60.7 Å². The lowest BCUT2D eigenvalue weighted by Gasteiger charge is -2.17. The molecular weight excluding hydrogens is 501 g/mol. The zero-order valence-electron chi connectivity index (χ0n) is 21.3. The first kappa shape index (κ1) is 26.1. The molecular formula is C32H27F3N2O2. The van der Waals surface area contributed by atoms with Gasteiger partial charge >= 0.3 is 6.18 Å². The molecule has 39 heavy (non-hydrogen) atoms.